The number of hydrogen-bond donors (Lipinski definition) is 2. The minimum Gasteiger partial charge on any atom is -0.392 e. The number of nitrogens with zero attached hydrogens (tertiary/aromatic N) is 1. The van der Waals surface area contributed by atoms with E-state index in [1.54, 1.807) is 5.57 Å². The third-order valence-corrected chi connectivity index (χ3v) is 6.64. The highest BCUT2D eigenvalue weighted by atomic mass is 16.3. The standard InChI is InChI=1S/C26H39NO2/c1-19-8-7-10-20(14-19)16-23(28)11-12-24-25-17-21(15-22(25)18-26(24)29)9-5-4-6-13-27(2)3/h7-8,10-12,14-15,22-26,28-29H,4-6,9,13,16-18H2,1-3H3/t22?,23-,24+,25-,26+/m0/s1. The molecule has 0 aliphatic heterocycles. The average Bonchev–Trinajstić information content (AvgIpc) is 3.16. The molecule has 3 heteroatoms. The summed E-state index contributed by atoms with van der Waals surface area (Å²) in [7, 11) is 4.27. The van der Waals surface area contributed by atoms with Crippen molar-refractivity contribution in [1.82, 2.24) is 4.90 Å². The molecule has 2 aliphatic carbocycles. The molecule has 29 heavy (non-hydrogen) atoms. The molecule has 1 saturated carbocycles. The van der Waals surface area contributed by atoms with Crippen molar-refractivity contribution >= 4 is 0 Å². The maximum atomic E-state index is 10.6. The van der Waals surface area contributed by atoms with Crippen LogP contribution >= 0.6 is 0 Å². The van der Waals surface area contributed by atoms with Crippen LogP contribution < -0.4 is 0 Å². The molecule has 2 aliphatic rings. The number of rotatable bonds is 10. The van der Waals surface area contributed by atoms with E-state index in [4.69, 9.17) is 0 Å². The predicted octanol–water partition coefficient (Wildman–Crippen LogP) is 4.52. The van der Waals surface area contributed by atoms with Crippen LogP contribution in [0, 0.1) is 24.7 Å². The molecular weight excluding hydrogens is 358 g/mol. The highest BCUT2D eigenvalue weighted by molar-refractivity contribution is 5.24. The zero-order valence-electron chi connectivity index (χ0n) is 18.4. The Morgan fingerprint density at radius 3 is 2.79 bits per heavy atom. The van der Waals surface area contributed by atoms with Gasteiger partial charge in [0, 0.05) is 12.3 Å². The quantitative estimate of drug-likeness (QED) is 0.451. The van der Waals surface area contributed by atoms with Crippen LogP contribution in [0.25, 0.3) is 0 Å². The van der Waals surface area contributed by atoms with E-state index in [9.17, 15) is 10.2 Å². The SMILES string of the molecule is Cc1cccc(C[C@@H](O)C=C[C@H]2[C@H](O)CC3C=C(CCCCCN(C)C)C[C@@H]32)c1. The van der Waals surface area contributed by atoms with Crippen LogP contribution in [0.2, 0.25) is 0 Å². The van der Waals surface area contributed by atoms with Crippen molar-refractivity contribution in [3.8, 4) is 0 Å². The summed E-state index contributed by atoms with van der Waals surface area (Å²) in [4.78, 5) is 2.25. The van der Waals surface area contributed by atoms with Crippen molar-refractivity contribution < 1.29 is 10.2 Å². The molecule has 2 N–H and O–H groups in total. The Bertz CT molecular complexity index is 708. The van der Waals surface area contributed by atoms with Gasteiger partial charge in [-0.15, -0.1) is 0 Å². The van der Waals surface area contributed by atoms with E-state index < -0.39 is 6.10 Å². The average molecular weight is 398 g/mol. The Morgan fingerprint density at radius 2 is 2.03 bits per heavy atom. The molecule has 1 aromatic carbocycles. The van der Waals surface area contributed by atoms with Crippen LogP contribution in [0.3, 0.4) is 0 Å². The first-order valence-corrected chi connectivity index (χ1v) is 11.4. The van der Waals surface area contributed by atoms with Crippen molar-refractivity contribution in [1.29, 1.82) is 0 Å². The minimum absolute atomic E-state index is 0.176. The molecule has 5 atom stereocenters. The fourth-order valence-electron chi connectivity index (χ4n) is 5.15. The van der Waals surface area contributed by atoms with Gasteiger partial charge in [0.25, 0.3) is 0 Å². The Labute approximate surface area is 177 Å². The second-order valence-electron chi connectivity index (χ2n) is 9.50. The van der Waals surface area contributed by atoms with Crippen LogP contribution in [0.1, 0.15) is 49.7 Å². The monoisotopic (exact) mass is 397 g/mol. The lowest BCUT2D eigenvalue weighted by atomic mass is 9.88. The number of unbranched alkanes of at least 4 members (excludes halogenated alkanes) is 2. The number of aliphatic hydroxyl groups is 2. The molecule has 1 aromatic rings. The summed E-state index contributed by atoms with van der Waals surface area (Å²) >= 11 is 0. The van der Waals surface area contributed by atoms with Gasteiger partial charge in [-0.05, 0) is 77.1 Å². The van der Waals surface area contributed by atoms with Crippen molar-refractivity contribution in [2.45, 2.75) is 64.1 Å². The summed E-state index contributed by atoms with van der Waals surface area (Å²) < 4.78 is 0. The molecule has 0 radical (unpaired) electrons. The third kappa shape index (κ3) is 6.53. The Balaban J connectivity index is 1.47. The van der Waals surface area contributed by atoms with Crippen molar-refractivity contribution in [2.75, 3.05) is 20.6 Å². The number of aryl methyl sites for hydroxylation is 1. The summed E-state index contributed by atoms with van der Waals surface area (Å²) in [6.07, 6.45) is 13.4. The maximum absolute atomic E-state index is 10.6. The first kappa shape index (κ1) is 22.3. The van der Waals surface area contributed by atoms with E-state index in [2.05, 4.69) is 56.3 Å². The van der Waals surface area contributed by atoms with Crippen LogP contribution in [0.4, 0.5) is 0 Å². The van der Waals surface area contributed by atoms with Gasteiger partial charge in [0.1, 0.15) is 0 Å². The van der Waals surface area contributed by atoms with Gasteiger partial charge in [-0.2, -0.15) is 0 Å². The van der Waals surface area contributed by atoms with Gasteiger partial charge >= 0.3 is 0 Å². The Morgan fingerprint density at radius 1 is 1.21 bits per heavy atom. The smallest absolute Gasteiger partial charge is 0.0761 e. The third-order valence-electron chi connectivity index (χ3n) is 6.64. The second kappa shape index (κ2) is 10.6. The molecule has 0 spiro atoms. The molecular formula is C26H39NO2. The van der Waals surface area contributed by atoms with Gasteiger partial charge < -0.3 is 15.1 Å². The van der Waals surface area contributed by atoms with Gasteiger partial charge in [0.15, 0.2) is 0 Å². The molecule has 0 heterocycles. The van der Waals surface area contributed by atoms with E-state index in [1.807, 2.05) is 12.1 Å². The van der Waals surface area contributed by atoms with Crippen LogP contribution in [-0.2, 0) is 6.42 Å². The van der Waals surface area contributed by atoms with Crippen molar-refractivity contribution in [3.05, 3.63) is 59.2 Å². The minimum atomic E-state index is -0.492. The van der Waals surface area contributed by atoms with E-state index in [0.717, 1.165) is 18.4 Å². The maximum Gasteiger partial charge on any atom is 0.0761 e. The van der Waals surface area contributed by atoms with E-state index in [1.165, 1.54) is 37.8 Å². The summed E-state index contributed by atoms with van der Waals surface area (Å²) in [6.45, 7) is 3.25. The van der Waals surface area contributed by atoms with Crippen LogP contribution in [-0.4, -0.2) is 48.0 Å². The lowest BCUT2D eigenvalue weighted by Crippen LogP contribution is -2.18. The number of fused-ring (bicyclic) bond motifs is 1. The highest BCUT2D eigenvalue weighted by Gasteiger charge is 2.43. The van der Waals surface area contributed by atoms with Gasteiger partial charge in [0.05, 0.1) is 12.2 Å². The van der Waals surface area contributed by atoms with Crippen LogP contribution in [0.15, 0.2) is 48.1 Å². The fourth-order valence-corrected chi connectivity index (χ4v) is 5.15. The fraction of sp³-hybridized carbons (Fsp3) is 0.615. The summed E-state index contributed by atoms with van der Waals surface area (Å²) in [6, 6.07) is 8.31. The Kier molecular flexibility index (Phi) is 8.11. The lowest BCUT2D eigenvalue weighted by Gasteiger charge is -2.19. The van der Waals surface area contributed by atoms with Crippen molar-refractivity contribution in [2.24, 2.45) is 17.8 Å². The Hall–Kier alpha value is -1.42. The number of hydrogen-bond acceptors (Lipinski definition) is 3. The molecule has 0 saturated heterocycles. The van der Waals surface area contributed by atoms with Crippen molar-refractivity contribution in [3.63, 3.8) is 0 Å². The largest absolute Gasteiger partial charge is 0.392 e. The first-order valence-electron chi connectivity index (χ1n) is 11.4. The van der Waals surface area contributed by atoms with Gasteiger partial charge in [-0.25, -0.2) is 0 Å². The summed E-state index contributed by atoms with van der Waals surface area (Å²) in [5.74, 6) is 1.21. The van der Waals surface area contributed by atoms with Crippen LogP contribution in [0.5, 0.6) is 0 Å². The predicted molar refractivity (Wildman–Crippen MR) is 121 cm³/mol. The summed E-state index contributed by atoms with van der Waals surface area (Å²) in [5.41, 5.74) is 3.97. The summed E-state index contributed by atoms with van der Waals surface area (Å²) in [5, 5.41) is 21.0. The molecule has 3 rings (SSSR count). The van der Waals surface area contributed by atoms with Gasteiger partial charge in [-0.1, -0.05) is 60.1 Å². The number of benzene rings is 1. The van der Waals surface area contributed by atoms with Gasteiger partial charge in [0.2, 0.25) is 0 Å². The zero-order chi connectivity index (χ0) is 20.8. The van der Waals surface area contributed by atoms with E-state index in [-0.39, 0.29) is 12.0 Å². The molecule has 0 bridgehead atoms. The lowest BCUT2D eigenvalue weighted by molar-refractivity contribution is 0.140. The molecule has 1 unspecified atom stereocenters. The second-order valence-corrected chi connectivity index (χ2v) is 9.50. The topological polar surface area (TPSA) is 43.7 Å². The highest BCUT2D eigenvalue weighted by Crippen LogP contribution is 2.48. The number of allylic oxidation sites excluding steroid dienone is 2. The molecule has 0 amide bonds. The van der Waals surface area contributed by atoms with E-state index in [0.29, 0.717) is 18.3 Å². The van der Waals surface area contributed by atoms with Gasteiger partial charge in [-0.3, -0.25) is 0 Å². The molecule has 160 valence electrons. The number of aliphatic hydroxyl groups excluding tert-OH is 2. The molecule has 1 fully saturated rings. The normalized spacial score (nSPS) is 27.6. The zero-order valence-corrected chi connectivity index (χ0v) is 18.4. The molecule has 3 nitrogen and oxygen atoms in total. The molecule has 0 aromatic heterocycles. The first-order chi connectivity index (χ1) is 13.9. The van der Waals surface area contributed by atoms with E-state index >= 15 is 0 Å².